The maximum absolute atomic E-state index is 13.8. The van der Waals surface area contributed by atoms with Crippen LogP contribution in [-0.4, -0.2) is 21.6 Å². The van der Waals surface area contributed by atoms with Gasteiger partial charge in [-0.15, -0.1) is 0 Å². The molecule has 6 nitrogen and oxygen atoms in total. The first-order chi connectivity index (χ1) is 17.3. The van der Waals surface area contributed by atoms with Crippen LogP contribution in [-0.2, 0) is 0 Å². The van der Waals surface area contributed by atoms with Gasteiger partial charge in [0.15, 0.2) is 0 Å². The van der Waals surface area contributed by atoms with E-state index in [1.54, 1.807) is 12.1 Å². The van der Waals surface area contributed by atoms with Gasteiger partial charge in [-0.1, -0.05) is 59.1 Å². The number of allylic oxidation sites excluding steroid dienone is 1. The smallest absolute Gasteiger partial charge is 0.267 e. The molecule has 1 aliphatic carbocycles. The first-order valence-corrected chi connectivity index (χ1v) is 12.5. The number of nitrogens with zero attached hydrogens (tertiary/aromatic N) is 3. The van der Waals surface area contributed by atoms with Crippen LogP contribution >= 0.6 is 34.8 Å². The van der Waals surface area contributed by atoms with Gasteiger partial charge in [-0.25, -0.2) is 5.01 Å². The predicted octanol–water partition coefficient (Wildman–Crippen LogP) is 7.99. The molecule has 0 aromatic heterocycles. The number of nitro groups is 1. The first-order valence-electron chi connectivity index (χ1n) is 11.4. The standard InChI is InChI=1S/C27H20Cl3N3O3/c28-19-8-4-16(5-9-19)14-18-2-1-3-22-25(18)31-32(26(22)17-6-10-20(29)11-7-17)27(34)23-15-21(33(35)36)12-13-24(23)30/h4-15,22,26H,1-3H2. The molecule has 3 aromatic rings. The summed E-state index contributed by atoms with van der Waals surface area (Å²) < 4.78 is 0. The number of non-ortho nitro benzene ring substituents is 1. The maximum Gasteiger partial charge on any atom is 0.276 e. The van der Waals surface area contributed by atoms with Crippen LogP contribution in [0.5, 0.6) is 0 Å². The quantitative estimate of drug-likeness (QED) is 0.248. The summed E-state index contributed by atoms with van der Waals surface area (Å²) in [5, 5.41) is 19.0. The Kier molecular flexibility index (Phi) is 6.84. The molecule has 1 saturated carbocycles. The Morgan fingerprint density at radius 3 is 2.33 bits per heavy atom. The van der Waals surface area contributed by atoms with Crippen LogP contribution in [0, 0.1) is 16.0 Å². The zero-order valence-corrected chi connectivity index (χ0v) is 21.2. The summed E-state index contributed by atoms with van der Waals surface area (Å²) in [5.74, 6) is -0.531. The number of nitro benzene ring substituents is 1. The normalized spacial score (nSPS) is 20.2. The molecular formula is C27H20Cl3N3O3. The van der Waals surface area contributed by atoms with E-state index < -0.39 is 16.9 Å². The molecule has 9 heteroatoms. The molecule has 0 radical (unpaired) electrons. The maximum atomic E-state index is 13.8. The van der Waals surface area contributed by atoms with E-state index in [-0.39, 0.29) is 22.2 Å². The zero-order valence-electron chi connectivity index (χ0n) is 18.9. The molecule has 5 rings (SSSR count). The summed E-state index contributed by atoms with van der Waals surface area (Å²) >= 11 is 18.5. The average molecular weight is 541 g/mol. The lowest BCUT2D eigenvalue weighted by atomic mass is 9.77. The van der Waals surface area contributed by atoms with Gasteiger partial charge >= 0.3 is 0 Å². The van der Waals surface area contributed by atoms with E-state index >= 15 is 0 Å². The molecule has 1 fully saturated rings. The van der Waals surface area contributed by atoms with Crippen molar-refractivity contribution in [2.45, 2.75) is 25.3 Å². The molecule has 1 amide bonds. The van der Waals surface area contributed by atoms with Crippen LogP contribution in [0.1, 0.15) is 46.8 Å². The molecule has 3 aromatic carbocycles. The van der Waals surface area contributed by atoms with Crippen molar-refractivity contribution in [3.8, 4) is 0 Å². The minimum atomic E-state index is -0.549. The Labute approximate surface area is 222 Å². The topological polar surface area (TPSA) is 75.8 Å². The Hall–Kier alpha value is -3.19. The van der Waals surface area contributed by atoms with Crippen LogP contribution < -0.4 is 0 Å². The van der Waals surface area contributed by atoms with E-state index in [9.17, 15) is 14.9 Å². The van der Waals surface area contributed by atoms with Crippen LogP contribution in [0.15, 0.2) is 77.4 Å². The van der Waals surface area contributed by atoms with Gasteiger partial charge in [0.05, 0.1) is 27.3 Å². The highest BCUT2D eigenvalue weighted by atomic mass is 35.5. The number of hydrogen-bond acceptors (Lipinski definition) is 4. The number of halogens is 3. The second-order valence-electron chi connectivity index (χ2n) is 8.77. The van der Waals surface area contributed by atoms with Gasteiger partial charge in [0.1, 0.15) is 0 Å². The highest BCUT2D eigenvalue weighted by Gasteiger charge is 2.44. The number of hydrogen-bond donors (Lipinski definition) is 0. The van der Waals surface area contributed by atoms with Gasteiger partial charge in [-0.3, -0.25) is 14.9 Å². The number of hydrazone groups is 1. The number of carbonyl (C=O) groups is 1. The Balaban J connectivity index is 1.60. The lowest BCUT2D eigenvalue weighted by molar-refractivity contribution is -0.384. The molecule has 0 N–H and O–H groups in total. The molecule has 0 saturated heterocycles. The minimum absolute atomic E-state index is 0.0380. The highest BCUT2D eigenvalue weighted by molar-refractivity contribution is 6.34. The van der Waals surface area contributed by atoms with Crippen molar-refractivity contribution in [3.05, 3.63) is 114 Å². The van der Waals surface area contributed by atoms with E-state index in [0.717, 1.165) is 41.7 Å². The SMILES string of the molecule is O=C(c1cc([N+](=O)[O-])ccc1Cl)N1N=C2C(=Cc3ccc(Cl)cc3)CCCC2C1c1ccc(Cl)cc1. The van der Waals surface area contributed by atoms with Crippen molar-refractivity contribution in [1.29, 1.82) is 0 Å². The summed E-state index contributed by atoms with van der Waals surface area (Å²) in [6, 6.07) is 18.3. The molecule has 1 aliphatic heterocycles. The van der Waals surface area contributed by atoms with Gasteiger partial charge in [-0.2, -0.15) is 5.10 Å². The first kappa shape index (κ1) is 24.5. The average Bonchev–Trinajstić information content (AvgIpc) is 3.26. The number of fused-ring (bicyclic) bond motifs is 1. The number of amides is 1. The fraction of sp³-hybridized carbons (Fsp3) is 0.185. The molecule has 182 valence electrons. The third-order valence-electron chi connectivity index (χ3n) is 6.52. The summed E-state index contributed by atoms with van der Waals surface area (Å²) in [5.41, 5.74) is 3.59. The molecule has 0 bridgehead atoms. The van der Waals surface area contributed by atoms with Gasteiger partial charge in [-0.05, 0) is 72.4 Å². The second-order valence-corrected chi connectivity index (χ2v) is 10.1. The summed E-state index contributed by atoms with van der Waals surface area (Å²) in [7, 11) is 0. The second kappa shape index (κ2) is 10.1. The number of benzene rings is 3. The van der Waals surface area contributed by atoms with E-state index in [1.165, 1.54) is 23.2 Å². The van der Waals surface area contributed by atoms with Crippen molar-refractivity contribution < 1.29 is 9.72 Å². The Morgan fingerprint density at radius 2 is 1.67 bits per heavy atom. The summed E-state index contributed by atoms with van der Waals surface area (Å²) in [6.45, 7) is 0. The minimum Gasteiger partial charge on any atom is -0.267 e. The molecule has 2 unspecified atom stereocenters. The molecule has 2 aliphatic rings. The van der Waals surface area contributed by atoms with Crippen LogP contribution in [0.3, 0.4) is 0 Å². The van der Waals surface area contributed by atoms with Crippen LogP contribution in [0.2, 0.25) is 15.1 Å². The van der Waals surface area contributed by atoms with Crippen molar-refractivity contribution in [2.75, 3.05) is 0 Å². The van der Waals surface area contributed by atoms with Crippen molar-refractivity contribution >= 4 is 58.2 Å². The fourth-order valence-corrected chi connectivity index (χ4v) is 5.29. The monoisotopic (exact) mass is 539 g/mol. The lowest BCUT2D eigenvalue weighted by Gasteiger charge is -2.29. The van der Waals surface area contributed by atoms with Crippen molar-refractivity contribution in [2.24, 2.45) is 11.0 Å². The zero-order chi connectivity index (χ0) is 25.4. The summed E-state index contributed by atoms with van der Waals surface area (Å²) in [6.07, 6.45) is 4.68. The van der Waals surface area contributed by atoms with E-state index in [2.05, 4.69) is 6.08 Å². The molecule has 36 heavy (non-hydrogen) atoms. The molecule has 1 heterocycles. The number of rotatable bonds is 4. The van der Waals surface area contributed by atoms with E-state index in [4.69, 9.17) is 39.9 Å². The van der Waals surface area contributed by atoms with E-state index in [1.807, 2.05) is 36.4 Å². The molecular weight excluding hydrogens is 521 g/mol. The molecule has 2 atom stereocenters. The van der Waals surface area contributed by atoms with Gasteiger partial charge in [0.2, 0.25) is 0 Å². The van der Waals surface area contributed by atoms with E-state index in [0.29, 0.717) is 10.0 Å². The van der Waals surface area contributed by atoms with Gasteiger partial charge < -0.3 is 0 Å². The highest BCUT2D eigenvalue weighted by Crippen LogP contribution is 2.45. The van der Waals surface area contributed by atoms with Crippen molar-refractivity contribution in [1.82, 2.24) is 5.01 Å². The number of carbonyl (C=O) groups excluding carboxylic acids is 1. The van der Waals surface area contributed by atoms with Gasteiger partial charge in [0, 0.05) is 28.1 Å². The third-order valence-corrected chi connectivity index (χ3v) is 7.36. The van der Waals surface area contributed by atoms with Crippen LogP contribution in [0.4, 0.5) is 5.69 Å². The summed E-state index contributed by atoms with van der Waals surface area (Å²) in [4.78, 5) is 24.6. The van der Waals surface area contributed by atoms with Crippen molar-refractivity contribution in [3.63, 3.8) is 0 Å². The lowest BCUT2D eigenvalue weighted by Crippen LogP contribution is -2.32. The van der Waals surface area contributed by atoms with Crippen LogP contribution in [0.25, 0.3) is 6.08 Å². The predicted molar refractivity (Wildman–Crippen MR) is 143 cm³/mol. The fourth-order valence-electron chi connectivity index (χ4n) is 4.84. The largest absolute Gasteiger partial charge is 0.276 e. The molecule has 0 spiro atoms. The Bertz CT molecular complexity index is 1400. The third kappa shape index (κ3) is 4.76. The van der Waals surface area contributed by atoms with Gasteiger partial charge in [0.25, 0.3) is 11.6 Å². The Morgan fingerprint density at radius 1 is 1.00 bits per heavy atom.